The Morgan fingerprint density at radius 3 is 2.20 bits per heavy atom. The number of carbonyl (C=O) groups excluding carboxylic acids is 1. The van der Waals surface area contributed by atoms with Crippen molar-refractivity contribution in [2.75, 3.05) is 18.0 Å². The number of aromatic nitrogens is 3. The first-order valence-electron chi connectivity index (χ1n) is 10.6. The fraction of sp³-hybridized carbons (Fsp3) is 0.524. The molecule has 0 aliphatic carbocycles. The van der Waals surface area contributed by atoms with Crippen LogP contribution in [0.4, 0.5) is 37.1 Å². The number of H-pyrrole nitrogens is 1. The van der Waals surface area contributed by atoms with Crippen LogP contribution < -0.4 is 10.5 Å². The van der Waals surface area contributed by atoms with Crippen LogP contribution in [-0.4, -0.2) is 57.2 Å². The molecule has 1 amide bonds. The van der Waals surface area contributed by atoms with E-state index in [2.05, 4.69) is 9.97 Å². The van der Waals surface area contributed by atoms with Crippen LogP contribution in [-0.2, 0) is 23.5 Å². The summed E-state index contributed by atoms with van der Waals surface area (Å²) >= 11 is 0. The summed E-state index contributed by atoms with van der Waals surface area (Å²) in [6.07, 6.45) is -8.39. The van der Waals surface area contributed by atoms with Crippen molar-refractivity contribution in [2.24, 2.45) is 0 Å². The number of hydrogen-bond donors (Lipinski definition) is 1. The smallest absolute Gasteiger partial charge is 0.421 e. The Kier molecular flexibility index (Phi) is 7.31. The molecule has 0 aromatic carbocycles. The number of nitrogens with one attached hydrogen (secondary N) is 1. The molecule has 2 aromatic rings. The number of piperazine rings is 1. The monoisotopic (exact) mass is 507 g/mol. The van der Waals surface area contributed by atoms with Crippen LogP contribution in [0, 0.1) is 0 Å². The van der Waals surface area contributed by atoms with Gasteiger partial charge in [0.25, 0.3) is 5.56 Å². The Bertz CT molecular complexity index is 1090. The Morgan fingerprint density at radius 2 is 1.69 bits per heavy atom. The molecule has 0 spiro atoms. The van der Waals surface area contributed by atoms with Crippen LogP contribution in [0.25, 0.3) is 0 Å². The van der Waals surface area contributed by atoms with E-state index in [1.807, 2.05) is 4.98 Å². The molecule has 0 radical (unpaired) electrons. The normalized spacial score (nSPS) is 20.0. The Labute approximate surface area is 195 Å². The topological polar surface area (TPSA) is 91.4 Å². The molecule has 3 heterocycles. The summed E-state index contributed by atoms with van der Waals surface area (Å²) in [5.74, 6) is 0.0941. The molecule has 35 heavy (non-hydrogen) atoms. The van der Waals surface area contributed by atoms with E-state index in [-0.39, 0.29) is 31.0 Å². The Morgan fingerprint density at radius 1 is 1.11 bits per heavy atom. The molecular weight excluding hydrogens is 484 g/mol. The lowest BCUT2D eigenvalue weighted by molar-refractivity contribution is -0.139. The predicted octanol–water partition coefficient (Wildman–Crippen LogP) is 3.87. The number of carbonyl (C=O) groups is 1. The molecule has 1 fully saturated rings. The van der Waals surface area contributed by atoms with Gasteiger partial charge in [0.1, 0.15) is 11.7 Å². The summed E-state index contributed by atoms with van der Waals surface area (Å²) in [6, 6.07) is -0.124. The van der Waals surface area contributed by atoms with Gasteiger partial charge in [-0.25, -0.2) is 14.8 Å². The zero-order valence-electron chi connectivity index (χ0n) is 18.9. The van der Waals surface area contributed by atoms with Crippen LogP contribution >= 0.6 is 0 Å². The van der Waals surface area contributed by atoms with E-state index in [4.69, 9.17) is 4.74 Å². The zero-order chi connectivity index (χ0) is 26.1. The van der Waals surface area contributed by atoms with Crippen molar-refractivity contribution < 1.29 is 35.9 Å². The Balaban J connectivity index is 1.63. The zero-order valence-corrected chi connectivity index (χ0v) is 18.9. The molecule has 3 rings (SSSR count). The molecule has 0 unspecified atom stereocenters. The predicted molar refractivity (Wildman–Crippen MR) is 112 cm³/mol. The quantitative estimate of drug-likeness (QED) is 0.632. The number of nitrogens with zero attached hydrogens (tertiary/aromatic N) is 4. The molecule has 192 valence electrons. The molecule has 14 heteroatoms. The van der Waals surface area contributed by atoms with Crippen molar-refractivity contribution in [3.8, 4) is 0 Å². The second kappa shape index (κ2) is 9.74. The fourth-order valence-corrected chi connectivity index (χ4v) is 3.94. The van der Waals surface area contributed by atoms with Crippen molar-refractivity contribution in [1.29, 1.82) is 0 Å². The van der Waals surface area contributed by atoms with E-state index >= 15 is 0 Å². The number of pyridine rings is 1. The summed E-state index contributed by atoms with van der Waals surface area (Å²) in [4.78, 5) is 36.9. The van der Waals surface area contributed by atoms with Crippen molar-refractivity contribution in [2.45, 2.75) is 57.7 Å². The second-order valence-electron chi connectivity index (χ2n) is 8.43. The number of hydrogen-bond acceptors (Lipinski definition) is 6. The average Bonchev–Trinajstić information content (AvgIpc) is 2.73. The van der Waals surface area contributed by atoms with E-state index in [0.29, 0.717) is 12.4 Å². The van der Waals surface area contributed by atoms with Gasteiger partial charge >= 0.3 is 18.4 Å². The summed E-state index contributed by atoms with van der Waals surface area (Å²) in [5.41, 5.74) is -3.42. The van der Waals surface area contributed by atoms with E-state index in [0.717, 1.165) is 12.3 Å². The average molecular weight is 507 g/mol. The van der Waals surface area contributed by atoms with E-state index in [1.165, 1.54) is 11.8 Å². The third-order valence-corrected chi connectivity index (χ3v) is 5.47. The summed E-state index contributed by atoms with van der Waals surface area (Å²) in [5, 5.41) is 0. The first-order valence-corrected chi connectivity index (χ1v) is 10.6. The van der Waals surface area contributed by atoms with Gasteiger partial charge in [-0.15, -0.1) is 0 Å². The van der Waals surface area contributed by atoms with E-state index < -0.39 is 53.3 Å². The van der Waals surface area contributed by atoms with Gasteiger partial charge in [0, 0.05) is 38.1 Å². The van der Waals surface area contributed by atoms with Gasteiger partial charge in [0.05, 0.1) is 17.6 Å². The number of anilines is 1. The lowest BCUT2D eigenvalue weighted by atomic mass is 10.1. The molecular formula is C21H23F6N5O3. The molecule has 2 aromatic heterocycles. The van der Waals surface area contributed by atoms with Gasteiger partial charge in [0.2, 0.25) is 5.95 Å². The highest BCUT2D eigenvalue weighted by atomic mass is 19.4. The van der Waals surface area contributed by atoms with Gasteiger partial charge in [0.15, 0.2) is 0 Å². The first-order chi connectivity index (χ1) is 16.2. The van der Waals surface area contributed by atoms with Gasteiger partial charge in [-0.1, -0.05) is 0 Å². The number of aromatic amines is 1. The third kappa shape index (κ3) is 6.22. The summed E-state index contributed by atoms with van der Waals surface area (Å²) in [6.45, 7) is 5.41. The van der Waals surface area contributed by atoms with Crippen molar-refractivity contribution in [1.82, 2.24) is 19.9 Å². The van der Waals surface area contributed by atoms with Crippen LogP contribution in [0.3, 0.4) is 0 Å². The third-order valence-electron chi connectivity index (χ3n) is 5.47. The summed E-state index contributed by atoms with van der Waals surface area (Å²) < 4.78 is 82.5. The van der Waals surface area contributed by atoms with Crippen LogP contribution in [0.1, 0.15) is 37.5 Å². The second-order valence-corrected chi connectivity index (χ2v) is 8.43. The molecule has 1 saturated heterocycles. The number of halogens is 6. The van der Waals surface area contributed by atoms with E-state index in [9.17, 15) is 35.9 Å². The molecule has 1 N–H and O–H groups in total. The maximum Gasteiger partial charge on any atom is 0.421 e. The fourth-order valence-electron chi connectivity index (χ4n) is 3.94. The van der Waals surface area contributed by atoms with Crippen molar-refractivity contribution >= 4 is 12.0 Å². The minimum absolute atomic E-state index is 0.0618. The summed E-state index contributed by atoms with van der Waals surface area (Å²) in [7, 11) is 0. The van der Waals surface area contributed by atoms with Gasteiger partial charge in [-0.05, 0) is 32.4 Å². The lowest BCUT2D eigenvalue weighted by Crippen LogP contribution is -2.59. The molecule has 1 aliphatic heterocycles. The van der Waals surface area contributed by atoms with Crippen molar-refractivity contribution in [3.05, 3.63) is 51.7 Å². The van der Waals surface area contributed by atoms with Gasteiger partial charge < -0.3 is 14.6 Å². The highest BCUT2D eigenvalue weighted by Crippen LogP contribution is 2.29. The molecule has 1 aliphatic rings. The first kappa shape index (κ1) is 26.3. The minimum atomic E-state index is -4.81. The molecule has 3 atom stereocenters. The van der Waals surface area contributed by atoms with Crippen LogP contribution in [0.2, 0.25) is 0 Å². The number of ether oxygens (including phenoxy) is 1. The largest absolute Gasteiger partial charge is 0.446 e. The van der Waals surface area contributed by atoms with Crippen LogP contribution in [0.5, 0.6) is 0 Å². The van der Waals surface area contributed by atoms with Crippen LogP contribution in [0.15, 0.2) is 29.5 Å². The minimum Gasteiger partial charge on any atom is -0.446 e. The Hall–Kier alpha value is -3.32. The maximum atomic E-state index is 13.0. The standard InChI is InChI=1S/C21H23F6N5O3/c1-11-9-31(18-29-7-15(8-30-18)20(22,23)24)10-12(2)32(11)19(34)35-13(3)4-14-5-16(21(25,26)27)17(33)28-6-14/h5-8,11-13H,4,9-10H2,1-3H3,(H,28,33)/t11-,12+,13-/m0/s1. The molecule has 0 bridgehead atoms. The molecule has 8 nitrogen and oxygen atoms in total. The van der Waals surface area contributed by atoms with Crippen molar-refractivity contribution in [3.63, 3.8) is 0 Å². The number of rotatable bonds is 4. The highest BCUT2D eigenvalue weighted by molar-refractivity contribution is 5.69. The SMILES string of the molecule is C[C@@H]1CN(c2ncc(C(F)(F)F)cn2)C[C@H](C)N1C(=O)O[C@@H](C)Cc1c[nH]c(=O)c(C(F)(F)F)c1. The number of alkyl halides is 6. The molecule has 0 saturated carbocycles. The van der Waals surface area contributed by atoms with Gasteiger partial charge in [-0.2, -0.15) is 26.3 Å². The lowest BCUT2D eigenvalue weighted by Gasteiger charge is -2.43. The number of amides is 1. The highest BCUT2D eigenvalue weighted by Gasteiger charge is 2.37. The van der Waals surface area contributed by atoms with Gasteiger partial charge in [-0.3, -0.25) is 9.69 Å². The van der Waals surface area contributed by atoms with E-state index in [1.54, 1.807) is 18.7 Å². The maximum absolute atomic E-state index is 13.0.